The Hall–Kier alpha value is -2.17. The lowest BCUT2D eigenvalue weighted by Crippen LogP contribution is -2.41. The number of amides is 3. The zero-order valence-corrected chi connectivity index (χ0v) is 12.2. The Morgan fingerprint density at radius 2 is 1.95 bits per heavy atom. The predicted octanol–water partition coefficient (Wildman–Crippen LogP) is 1.69. The van der Waals surface area contributed by atoms with E-state index in [-0.39, 0.29) is 18.2 Å². The maximum Gasteiger partial charge on any atom is 0.325 e. The van der Waals surface area contributed by atoms with Gasteiger partial charge >= 0.3 is 6.03 Å². The fourth-order valence-corrected chi connectivity index (χ4v) is 2.94. The third-order valence-electron chi connectivity index (χ3n) is 4.17. The summed E-state index contributed by atoms with van der Waals surface area (Å²) < 4.78 is 0. The van der Waals surface area contributed by atoms with Gasteiger partial charge in [-0.1, -0.05) is 12.1 Å². The number of Topliss-reactive ketones (excluding diaryl/α,β-unsaturated/α-hetero) is 1. The normalized spacial score (nSPS) is 19.6. The number of aryl methyl sites for hydroxylation is 2. The summed E-state index contributed by atoms with van der Waals surface area (Å²) in [4.78, 5) is 37.2. The van der Waals surface area contributed by atoms with Crippen molar-refractivity contribution in [2.24, 2.45) is 0 Å². The smallest absolute Gasteiger partial charge is 0.324 e. The lowest BCUT2D eigenvalue weighted by Gasteiger charge is -2.15. The molecule has 1 saturated heterocycles. The monoisotopic (exact) mass is 286 g/mol. The van der Waals surface area contributed by atoms with E-state index in [0.29, 0.717) is 5.56 Å². The SMILES string of the molecule is CC1(C)NC(=O)N(CC(=O)c2ccc3c(c2)CCC3)C1=O. The minimum atomic E-state index is -0.935. The number of urea groups is 1. The molecule has 1 fully saturated rings. The van der Waals surface area contributed by atoms with E-state index in [4.69, 9.17) is 0 Å². The van der Waals surface area contributed by atoms with Crippen LogP contribution >= 0.6 is 0 Å². The van der Waals surface area contributed by atoms with Gasteiger partial charge in [0.15, 0.2) is 5.78 Å². The first-order chi connectivity index (χ1) is 9.88. The highest BCUT2D eigenvalue weighted by molar-refractivity contribution is 6.10. The largest absolute Gasteiger partial charge is 0.325 e. The van der Waals surface area contributed by atoms with Crippen LogP contribution in [0, 0.1) is 0 Å². The topological polar surface area (TPSA) is 66.5 Å². The van der Waals surface area contributed by atoms with Crippen LogP contribution < -0.4 is 5.32 Å². The van der Waals surface area contributed by atoms with Crippen LogP contribution in [0.1, 0.15) is 41.8 Å². The second-order valence-corrected chi connectivity index (χ2v) is 6.21. The molecule has 3 amide bonds. The highest BCUT2D eigenvalue weighted by Crippen LogP contribution is 2.23. The number of rotatable bonds is 3. The number of benzene rings is 1. The predicted molar refractivity (Wildman–Crippen MR) is 77.1 cm³/mol. The zero-order valence-electron chi connectivity index (χ0n) is 12.2. The quantitative estimate of drug-likeness (QED) is 0.679. The van der Waals surface area contributed by atoms with Gasteiger partial charge in [0, 0.05) is 5.56 Å². The molecule has 1 aromatic carbocycles. The molecule has 1 aliphatic carbocycles. The van der Waals surface area contributed by atoms with Gasteiger partial charge in [0.05, 0.1) is 6.54 Å². The molecule has 5 nitrogen and oxygen atoms in total. The molecular weight excluding hydrogens is 268 g/mol. The van der Waals surface area contributed by atoms with Gasteiger partial charge < -0.3 is 5.32 Å². The Balaban J connectivity index is 1.78. The van der Waals surface area contributed by atoms with Gasteiger partial charge in [0.1, 0.15) is 5.54 Å². The molecule has 110 valence electrons. The molecule has 0 saturated carbocycles. The first-order valence-electron chi connectivity index (χ1n) is 7.17. The van der Waals surface area contributed by atoms with Crippen LogP contribution in [0.4, 0.5) is 4.79 Å². The van der Waals surface area contributed by atoms with Gasteiger partial charge in [0.25, 0.3) is 5.91 Å². The van der Waals surface area contributed by atoms with Crippen molar-refractivity contribution in [1.82, 2.24) is 10.2 Å². The average molecular weight is 286 g/mol. The number of hydrogen-bond acceptors (Lipinski definition) is 3. The van der Waals surface area contributed by atoms with Crippen molar-refractivity contribution in [1.29, 1.82) is 0 Å². The number of imide groups is 1. The summed E-state index contributed by atoms with van der Waals surface area (Å²) in [5, 5.41) is 2.58. The molecule has 1 aromatic rings. The van der Waals surface area contributed by atoms with Crippen LogP contribution in [-0.4, -0.2) is 34.7 Å². The van der Waals surface area contributed by atoms with Gasteiger partial charge in [-0.15, -0.1) is 0 Å². The third kappa shape index (κ3) is 2.33. The summed E-state index contributed by atoms with van der Waals surface area (Å²) >= 11 is 0. The van der Waals surface area contributed by atoms with Gasteiger partial charge in [-0.2, -0.15) is 0 Å². The second-order valence-electron chi connectivity index (χ2n) is 6.21. The van der Waals surface area contributed by atoms with Crippen LogP contribution in [0.25, 0.3) is 0 Å². The van der Waals surface area contributed by atoms with Crippen LogP contribution in [0.5, 0.6) is 0 Å². The standard InChI is InChI=1S/C16H18N2O3/c1-16(2)14(20)18(15(21)17-16)9-13(19)12-7-6-10-4-3-5-11(10)8-12/h6-8H,3-5,9H2,1-2H3,(H,17,21). The minimum absolute atomic E-state index is 0.202. The van der Waals surface area contributed by atoms with E-state index in [2.05, 4.69) is 5.32 Å². The molecule has 21 heavy (non-hydrogen) atoms. The summed E-state index contributed by atoms with van der Waals surface area (Å²) in [7, 11) is 0. The van der Waals surface area contributed by atoms with Crippen molar-refractivity contribution in [3.63, 3.8) is 0 Å². The Labute approximate surface area is 123 Å². The number of hydrogen-bond donors (Lipinski definition) is 1. The maximum atomic E-state index is 12.3. The van der Waals surface area contributed by atoms with E-state index >= 15 is 0 Å². The first kappa shape index (κ1) is 13.8. The van der Waals surface area contributed by atoms with Gasteiger partial charge in [-0.25, -0.2) is 4.79 Å². The number of carbonyl (C=O) groups is 3. The van der Waals surface area contributed by atoms with Crippen molar-refractivity contribution in [2.75, 3.05) is 6.54 Å². The molecule has 0 aromatic heterocycles. The summed E-state index contributed by atoms with van der Waals surface area (Å²) in [6.07, 6.45) is 3.17. The number of ketones is 1. The Morgan fingerprint density at radius 3 is 2.62 bits per heavy atom. The minimum Gasteiger partial charge on any atom is -0.324 e. The van der Waals surface area contributed by atoms with E-state index in [0.717, 1.165) is 24.2 Å². The summed E-state index contributed by atoms with van der Waals surface area (Å²) in [5.74, 6) is -0.562. The molecule has 0 spiro atoms. The van der Waals surface area contributed by atoms with E-state index < -0.39 is 11.6 Å². The average Bonchev–Trinajstić information content (AvgIpc) is 2.96. The molecule has 0 unspecified atom stereocenters. The molecule has 3 rings (SSSR count). The molecule has 1 aliphatic heterocycles. The lowest BCUT2D eigenvalue weighted by atomic mass is 10.0. The van der Waals surface area contributed by atoms with E-state index in [9.17, 15) is 14.4 Å². The van der Waals surface area contributed by atoms with Gasteiger partial charge in [-0.3, -0.25) is 14.5 Å². The van der Waals surface area contributed by atoms with Crippen molar-refractivity contribution < 1.29 is 14.4 Å². The number of nitrogens with one attached hydrogen (secondary N) is 1. The number of carbonyl (C=O) groups excluding carboxylic acids is 3. The molecule has 1 heterocycles. The van der Waals surface area contributed by atoms with Crippen molar-refractivity contribution in [2.45, 2.75) is 38.6 Å². The summed E-state index contributed by atoms with van der Waals surface area (Å²) in [6, 6.07) is 5.16. The lowest BCUT2D eigenvalue weighted by molar-refractivity contribution is -0.129. The second kappa shape index (κ2) is 4.69. The molecule has 1 N–H and O–H groups in total. The van der Waals surface area contributed by atoms with E-state index in [1.165, 1.54) is 11.1 Å². The molecule has 0 atom stereocenters. The summed E-state index contributed by atoms with van der Waals surface area (Å²) in [6.45, 7) is 3.06. The Bertz CT molecular complexity index is 649. The van der Waals surface area contributed by atoms with Crippen LogP contribution in [0.3, 0.4) is 0 Å². The highest BCUT2D eigenvalue weighted by Gasteiger charge is 2.44. The first-order valence-corrected chi connectivity index (χ1v) is 7.17. The van der Waals surface area contributed by atoms with Gasteiger partial charge in [-0.05, 0) is 50.3 Å². The highest BCUT2D eigenvalue weighted by atomic mass is 16.2. The molecule has 0 bridgehead atoms. The fraction of sp³-hybridized carbons (Fsp3) is 0.438. The maximum absolute atomic E-state index is 12.3. The molecule has 2 aliphatic rings. The Kier molecular flexibility index (Phi) is 3.08. The van der Waals surface area contributed by atoms with Crippen LogP contribution in [0.2, 0.25) is 0 Å². The van der Waals surface area contributed by atoms with E-state index in [1.807, 2.05) is 12.1 Å². The van der Waals surface area contributed by atoms with Crippen molar-refractivity contribution in [3.05, 3.63) is 34.9 Å². The number of nitrogens with zero attached hydrogens (tertiary/aromatic N) is 1. The number of fused-ring (bicyclic) bond motifs is 1. The van der Waals surface area contributed by atoms with Gasteiger partial charge in [0.2, 0.25) is 0 Å². The fourth-order valence-electron chi connectivity index (χ4n) is 2.94. The third-order valence-corrected chi connectivity index (χ3v) is 4.17. The van der Waals surface area contributed by atoms with Crippen LogP contribution in [0.15, 0.2) is 18.2 Å². The zero-order chi connectivity index (χ0) is 15.2. The Morgan fingerprint density at radius 1 is 1.24 bits per heavy atom. The van der Waals surface area contributed by atoms with E-state index in [1.54, 1.807) is 19.9 Å². The molecule has 0 radical (unpaired) electrons. The summed E-state index contributed by atoms with van der Waals surface area (Å²) in [5.41, 5.74) is 2.14. The van der Waals surface area contributed by atoms with Crippen molar-refractivity contribution >= 4 is 17.7 Å². The van der Waals surface area contributed by atoms with Crippen LogP contribution in [-0.2, 0) is 17.6 Å². The molecule has 5 heteroatoms. The molecular formula is C16H18N2O3. The van der Waals surface area contributed by atoms with Crippen molar-refractivity contribution in [3.8, 4) is 0 Å².